The van der Waals surface area contributed by atoms with Crippen LogP contribution < -0.4 is 5.32 Å². The van der Waals surface area contributed by atoms with E-state index >= 15 is 0 Å². The van der Waals surface area contributed by atoms with E-state index in [2.05, 4.69) is 5.32 Å². The number of nitrogens with zero attached hydrogens (tertiary/aromatic N) is 1. The summed E-state index contributed by atoms with van der Waals surface area (Å²) in [6, 6.07) is 8.21. The molecule has 0 radical (unpaired) electrons. The number of rotatable bonds is 9. The van der Waals surface area contributed by atoms with Crippen LogP contribution >= 0.6 is 0 Å². The van der Waals surface area contributed by atoms with Crippen LogP contribution in [0.2, 0.25) is 0 Å². The van der Waals surface area contributed by atoms with E-state index in [0.717, 1.165) is 18.4 Å². The van der Waals surface area contributed by atoms with Crippen LogP contribution in [0.5, 0.6) is 0 Å². The van der Waals surface area contributed by atoms with E-state index in [4.69, 9.17) is 4.74 Å². The van der Waals surface area contributed by atoms with Crippen molar-refractivity contribution in [1.29, 1.82) is 0 Å². The predicted octanol–water partition coefficient (Wildman–Crippen LogP) is 3.11. The van der Waals surface area contributed by atoms with Crippen LogP contribution in [0.3, 0.4) is 0 Å². The number of aliphatic hydroxyl groups excluding tert-OH is 1. The highest BCUT2D eigenvalue weighted by molar-refractivity contribution is 5.96. The van der Waals surface area contributed by atoms with Gasteiger partial charge in [-0.15, -0.1) is 0 Å². The number of fused-ring (bicyclic) bond motifs is 1. The highest BCUT2D eigenvalue weighted by Crippen LogP contribution is 2.46. The molecule has 1 aromatic rings. The zero-order valence-electron chi connectivity index (χ0n) is 21.6. The molecule has 3 rings (SSSR count). The van der Waals surface area contributed by atoms with Crippen LogP contribution in [-0.2, 0) is 25.5 Å². The Labute approximate surface area is 208 Å². The Kier molecular flexibility index (Phi) is 8.75. The monoisotopic (exact) mass is 484 g/mol. The SMILES string of the molecule is CCC[C@@H]1C=C[C@H]2[C@H](C(=O)N([C@@H](CO)Cc3ccccc3)[C@@H]2C(=O)NC(C)(C)C)[C@@H]1C(=O)OCC. The van der Waals surface area contributed by atoms with Crippen molar-refractivity contribution in [2.75, 3.05) is 13.2 Å². The predicted molar refractivity (Wildman–Crippen MR) is 134 cm³/mol. The number of carbonyl (C=O) groups excluding carboxylic acids is 3. The fraction of sp³-hybridized carbons (Fsp3) is 0.607. The quantitative estimate of drug-likeness (QED) is 0.415. The van der Waals surface area contributed by atoms with Gasteiger partial charge in [-0.2, -0.15) is 0 Å². The van der Waals surface area contributed by atoms with E-state index in [1.54, 1.807) is 11.8 Å². The molecule has 1 aromatic carbocycles. The van der Waals surface area contributed by atoms with Crippen LogP contribution in [0, 0.1) is 23.7 Å². The molecule has 0 bridgehead atoms. The van der Waals surface area contributed by atoms with Gasteiger partial charge in [0.25, 0.3) is 0 Å². The molecule has 7 nitrogen and oxygen atoms in total. The van der Waals surface area contributed by atoms with Gasteiger partial charge in [0.15, 0.2) is 0 Å². The summed E-state index contributed by atoms with van der Waals surface area (Å²) in [7, 11) is 0. The highest BCUT2D eigenvalue weighted by Gasteiger charge is 2.59. The molecular formula is C28H40N2O5. The lowest BCUT2D eigenvalue weighted by Crippen LogP contribution is -2.56. The van der Waals surface area contributed by atoms with Crippen LogP contribution in [0.25, 0.3) is 0 Å². The topological polar surface area (TPSA) is 95.9 Å². The second-order valence-corrected chi connectivity index (χ2v) is 10.7. The van der Waals surface area contributed by atoms with E-state index < -0.39 is 35.4 Å². The second-order valence-electron chi connectivity index (χ2n) is 10.7. The number of aliphatic hydroxyl groups is 1. The molecule has 0 spiro atoms. The van der Waals surface area contributed by atoms with Gasteiger partial charge in [0.2, 0.25) is 11.8 Å². The van der Waals surface area contributed by atoms with E-state index in [0.29, 0.717) is 6.42 Å². The van der Waals surface area contributed by atoms with Crippen molar-refractivity contribution in [3.63, 3.8) is 0 Å². The first-order valence-electron chi connectivity index (χ1n) is 12.8. The Morgan fingerprint density at radius 2 is 1.83 bits per heavy atom. The first kappa shape index (κ1) is 26.9. The number of likely N-dealkylation sites (tertiary alicyclic amines) is 1. The minimum Gasteiger partial charge on any atom is -0.466 e. The molecule has 6 atom stereocenters. The fourth-order valence-electron chi connectivity index (χ4n) is 5.59. The van der Waals surface area contributed by atoms with Crippen LogP contribution in [0.4, 0.5) is 0 Å². The molecule has 2 amide bonds. The Bertz CT molecular complexity index is 923. The average molecular weight is 485 g/mol. The molecule has 1 heterocycles. The van der Waals surface area contributed by atoms with Crippen LogP contribution in [-0.4, -0.2) is 58.6 Å². The number of amides is 2. The molecule has 1 aliphatic carbocycles. The Morgan fingerprint density at radius 1 is 1.14 bits per heavy atom. The van der Waals surface area contributed by atoms with Gasteiger partial charge in [0.1, 0.15) is 6.04 Å². The molecule has 1 fully saturated rings. The summed E-state index contributed by atoms with van der Waals surface area (Å²) >= 11 is 0. The van der Waals surface area contributed by atoms with Gasteiger partial charge in [0, 0.05) is 11.5 Å². The van der Waals surface area contributed by atoms with Crippen LogP contribution in [0.1, 0.15) is 53.0 Å². The van der Waals surface area contributed by atoms with Gasteiger partial charge in [-0.3, -0.25) is 14.4 Å². The number of ether oxygens (including phenoxy) is 1. The Morgan fingerprint density at radius 3 is 2.40 bits per heavy atom. The molecule has 2 aliphatic rings. The summed E-state index contributed by atoms with van der Waals surface area (Å²) < 4.78 is 5.41. The third-order valence-corrected chi connectivity index (χ3v) is 6.91. The first-order valence-corrected chi connectivity index (χ1v) is 12.8. The number of carbonyl (C=O) groups is 3. The summed E-state index contributed by atoms with van der Waals surface area (Å²) in [5, 5.41) is 13.4. The third-order valence-electron chi connectivity index (χ3n) is 6.91. The number of esters is 1. The highest BCUT2D eigenvalue weighted by atomic mass is 16.5. The molecule has 0 aromatic heterocycles. The lowest BCUT2D eigenvalue weighted by Gasteiger charge is -2.35. The van der Waals surface area contributed by atoms with Crippen molar-refractivity contribution < 1.29 is 24.2 Å². The van der Waals surface area contributed by atoms with Crippen molar-refractivity contribution in [1.82, 2.24) is 10.2 Å². The lowest BCUT2D eigenvalue weighted by atomic mass is 9.68. The maximum absolute atomic E-state index is 14.1. The van der Waals surface area contributed by atoms with E-state index in [1.807, 2.05) is 70.2 Å². The first-order chi connectivity index (χ1) is 16.6. The smallest absolute Gasteiger partial charge is 0.310 e. The number of hydrogen-bond donors (Lipinski definition) is 2. The summed E-state index contributed by atoms with van der Waals surface area (Å²) in [6.45, 7) is 9.43. The molecule has 1 saturated heterocycles. The molecular weight excluding hydrogens is 444 g/mol. The van der Waals surface area contributed by atoms with Crippen molar-refractivity contribution in [3.8, 4) is 0 Å². The minimum atomic E-state index is -0.816. The standard InChI is InChI=1S/C28H40N2O5/c1-6-11-19-14-15-21-23(22(19)27(34)35-7-2)26(33)30(24(21)25(32)29-28(3,4)5)20(17-31)16-18-12-9-8-10-13-18/h8-10,12-15,19-24,31H,6-7,11,16-17H2,1-5H3,(H,29,32)/t19-,20-,21+,22-,23+,24+/m1/s1. The zero-order chi connectivity index (χ0) is 25.8. The molecule has 2 N–H and O–H groups in total. The number of benzene rings is 1. The summed E-state index contributed by atoms with van der Waals surface area (Å²) in [4.78, 5) is 42.4. The van der Waals surface area contributed by atoms with Crippen LogP contribution in [0.15, 0.2) is 42.5 Å². The maximum atomic E-state index is 14.1. The minimum absolute atomic E-state index is 0.128. The summed E-state index contributed by atoms with van der Waals surface area (Å²) in [5.74, 6) is -2.87. The van der Waals surface area contributed by atoms with Crippen molar-refractivity contribution in [3.05, 3.63) is 48.0 Å². The van der Waals surface area contributed by atoms with Crippen molar-refractivity contribution in [2.45, 2.75) is 71.5 Å². The number of hydrogen-bond acceptors (Lipinski definition) is 5. The molecule has 7 heteroatoms. The van der Waals surface area contributed by atoms with E-state index in [9.17, 15) is 19.5 Å². The zero-order valence-corrected chi connectivity index (χ0v) is 21.6. The van der Waals surface area contributed by atoms with Gasteiger partial charge in [-0.05, 0) is 52.0 Å². The van der Waals surface area contributed by atoms with Crippen molar-refractivity contribution in [2.24, 2.45) is 23.7 Å². The Hall–Kier alpha value is -2.67. The largest absolute Gasteiger partial charge is 0.466 e. The molecule has 192 valence electrons. The van der Waals surface area contributed by atoms with E-state index in [1.165, 1.54) is 0 Å². The maximum Gasteiger partial charge on any atom is 0.310 e. The van der Waals surface area contributed by atoms with Gasteiger partial charge < -0.3 is 20.1 Å². The molecule has 1 aliphatic heterocycles. The number of nitrogens with one attached hydrogen (secondary N) is 1. The summed E-state index contributed by atoms with van der Waals surface area (Å²) in [5.41, 5.74) is 0.465. The molecule has 0 saturated carbocycles. The van der Waals surface area contributed by atoms with Crippen molar-refractivity contribution >= 4 is 17.8 Å². The molecule has 0 unspecified atom stereocenters. The Balaban J connectivity index is 2.06. The van der Waals surface area contributed by atoms with Gasteiger partial charge in [-0.25, -0.2) is 0 Å². The second kappa shape index (κ2) is 11.4. The lowest BCUT2D eigenvalue weighted by molar-refractivity contribution is -0.156. The molecule has 35 heavy (non-hydrogen) atoms. The average Bonchev–Trinajstić information content (AvgIpc) is 3.09. The fourth-order valence-corrected chi connectivity index (χ4v) is 5.59. The number of allylic oxidation sites excluding steroid dienone is 1. The van der Waals surface area contributed by atoms with Gasteiger partial charge in [-0.1, -0.05) is 55.8 Å². The third kappa shape index (κ3) is 5.95. The van der Waals surface area contributed by atoms with Gasteiger partial charge in [0.05, 0.1) is 31.1 Å². The summed E-state index contributed by atoms with van der Waals surface area (Å²) in [6.07, 6.45) is 5.96. The van der Waals surface area contributed by atoms with Gasteiger partial charge >= 0.3 is 5.97 Å². The van der Waals surface area contributed by atoms with E-state index in [-0.39, 0.29) is 36.9 Å². The normalized spacial score (nSPS) is 26.9.